The standard InChI is InChI=1S/C9H16N2/c1-3-6-8-5(2)4-7(10)11-9(6)8/h5-6,8-9H,3-4H2,1-2H3,(H2,10,11). The van der Waals surface area contributed by atoms with Gasteiger partial charge in [0, 0.05) is 12.5 Å². The van der Waals surface area contributed by atoms with Crippen molar-refractivity contribution in [2.24, 2.45) is 17.8 Å². The van der Waals surface area contributed by atoms with Gasteiger partial charge in [0.05, 0.1) is 5.84 Å². The lowest BCUT2D eigenvalue weighted by Gasteiger charge is -2.18. The van der Waals surface area contributed by atoms with Crippen LogP contribution in [0.3, 0.4) is 0 Å². The second kappa shape index (κ2) is 2.23. The molecule has 0 radical (unpaired) electrons. The van der Waals surface area contributed by atoms with E-state index in [4.69, 9.17) is 5.41 Å². The number of fused-ring (bicyclic) bond motifs is 1. The summed E-state index contributed by atoms with van der Waals surface area (Å²) in [5.74, 6) is 3.26. The Morgan fingerprint density at radius 3 is 3.00 bits per heavy atom. The molecule has 1 saturated heterocycles. The van der Waals surface area contributed by atoms with E-state index in [0.717, 1.165) is 30.0 Å². The van der Waals surface area contributed by atoms with Crippen molar-refractivity contribution in [1.29, 1.82) is 5.41 Å². The summed E-state index contributed by atoms with van der Waals surface area (Å²) in [5.41, 5.74) is 0. The fraction of sp³-hybridized carbons (Fsp3) is 0.889. The van der Waals surface area contributed by atoms with Crippen molar-refractivity contribution in [3.8, 4) is 0 Å². The summed E-state index contributed by atoms with van der Waals surface area (Å²) in [5, 5.41) is 10.8. The van der Waals surface area contributed by atoms with E-state index in [1.807, 2.05) is 0 Å². The van der Waals surface area contributed by atoms with Crippen LogP contribution in [0.4, 0.5) is 0 Å². The molecule has 62 valence electrons. The van der Waals surface area contributed by atoms with Crippen LogP contribution < -0.4 is 5.32 Å². The van der Waals surface area contributed by atoms with E-state index in [-0.39, 0.29) is 0 Å². The number of piperidine rings is 1. The summed E-state index contributed by atoms with van der Waals surface area (Å²) >= 11 is 0. The van der Waals surface area contributed by atoms with Crippen molar-refractivity contribution in [3.63, 3.8) is 0 Å². The Kier molecular flexibility index (Phi) is 1.44. The first-order chi connectivity index (χ1) is 5.24. The molecule has 1 aliphatic carbocycles. The van der Waals surface area contributed by atoms with Crippen LogP contribution in [-0.4, -0.2) is 11.9 Å². The first-order valence-corrected chi connectivity index (χ1v) is 4.58. The number of hydrogen-bond donors (Lipinski definition) is 2. The molecular formula is C9H16N2. The molecule has 0 spiro atoms. The van der Waals surface area contributed by atoms with Crippen molar-refractivity contribution in [1.82, 2.24) is 5.32 Å². The van der Waals surface area contributed by atoms with Crippen LogP contribution in [-0.2, 0) is 0 Å². The fourth-order valence-corrected chi connectivity index (χ4v) is 2.62. The van der Waals surface area contributed by atoms with E-state index in [1.54, 1.807) is 0 Å². The molecule has 2 rings (SSSR count). The summed E-state index contributed by atoms with van der Waals surface area (Å²) < 4.78 is 0. The highest BCUT2D eigenvalue weighted by Crippen LogP contribution is 2.49. The summed E-state index contributed by atoms with van der Waals surface area (Å²) in [7, 11) is 0. The molecular weight excluding hydrogens is 136 g/mol. The molecule has 0 bridgehead atoms. The van der Waals surface area contributed by atoms with Crippen molar-refractivity contribution >= 4 is 5.84 Å². The highest BCUT2D eigenvalue weighted by atomic mass is 15.1. The minimum atomic E-state index is 0.663. The van der Waals surface area contributed by atoms with Gasteiger partial charge in [-0.05, 0) is 17.8 Å². The number of rotatable bonds is 1. The molecule has 1 heterocycles. The average molecular weight is 152 g/mol. The van der Waals surface area contributed by atoms with Gasteiger partial charge in [0.25, 0.3) is 0 Å². The van der Waals surface area contributed by atoms with Crippen molar-refractivity contribution < 1.29 is 0 Å². The smallest absolute Gasteiger partial charge is 0.0936 e. The summed E-state index contributed by atoms with van der Waals surface area (Å²) in [6, 6.07) is 0.663. The van der Waals surface area contributed by atoms with E-state index < -0.39 is 0 Å². The molecule has 2 nitrogen and oxygen atoms in total. The molecule has 1 saturated carbocycles. The average Bonchev–Trinajstić information content (AvgIpc) is 2.61. The Balaban J connectivity index is 2.04. The van der Waals surface area contributed by atoms with Crippen molar-refractivity contribution in [2.45, 2.75) is 32.7 Å². The van der Waals surface area contributed by atoms with Crippen LogP contribution >= 0.6 is 0 Å². The topological polar surface area (TPSA) is 35.9 Å². The van der Waals surface area contributed by atoms with E-state index in [9.17, 15) is 0 Å². The van der Waals surface area contributed by atoms with Crippen LogP contribution in [0.5, 0.6) is 0 Å². The van der Waals surface area contributed by atoms with E-state index in [1.165, 1.54) is 6.42 Å². The zero-order chi connectivity index (χ0) is 8.01. The van der Waals surface area contributed by atoms with Crippen molar-refractivity contribution in [3.05, 3.63) is 0 Å². The predicted molar refractivity (Wildman–Crippen MR) is 45.7 cm³/mol. The highest BCUT2D eigenvalue weighted by molar-refractivity contribution is 5.81. The molecule has 2 heteroatoms. The Hall–Kier alpha value is -0.530. The Morgan fingerprint density at radius 1 is 1.64 bits per heavy atom. The maximum Gasteiger partial charge on any atom is 0.0936 e. The second-order valence-electron chi connectivity index (χ2n) is 3.98. The maximum atomic E-state index is 7.53. The molecule has 2 N–H and O–H groups in total. The number of hydrogen-bond acceptors (Lipinski definition) is 1. The molecule has 2 fully saturated rings. The van der Waals surface area contributed by atoms with Crippen LogP contribution in [0.2, 0.25) is 0 Å². The molecule has 11 heavy (non-hydrogen) atoms. The minimum absolute atomic E-state index is 0.663. The summed E-state index contributed by atoms with van der Waals surface area (Å²) in [6.07, 6.45) is 2.25. The van der Waals surface area contributed by atoms with Gasteiger partial charge in [0.2, 0.25) is 0 Å². The number of amidine groups is 1. The van der Waals surface area contributed by atoms with Crippen LogP contribution in [0.15, 0.2) is 0 Å². The van der Waals surface area contributed by atoms with Gasteiger partial charge in [0.1, 0.15) is 0 Å². The lowest BCUT2D eigenvalue weighted by Crippen LogP contribution is -2.33. The third-order valence-electron chi connectivity index (χ3n) is 3.22. The molecule has 4 atom stereocenters. The highest BCUT2D eigenvalue weighted by Gasteiger charge is 2.54. The summed E-state index contributed by atoms with van der Waals surface area (Å²) in [4.78, 5) is 0. The molecule has 2 aliphatic rings. The number of nitrogens with one attached hydrogen (secondary N) is 2. The van der Waals surface area contributed by atoms with Crippen LogP contribution in [0, 0.1) is 23.2 Å². The van der Waals surface area contributed by atoms with Crippen LogP contribution in [0.1, 0.15) is 26.7 Å². The molecule has 4 unspecified atom stereocenters. The Morgan fingerprint density at radius 2 is 2.36 bits per heavy atom. The van der Waals surface area contributed by atoms with E-state index in [2.05, 4.69) is 19.2 Å². The van der Waals surface area contributed by atoms with E-state index >= 15 is 0 Å². The minimum Gasteiger partial charge on any atom is -0.371 e. The van der Waals surface area contributed by atoms with Gasteiger partial charge in [0.15, 0.2) is 0 Å². The van der Waals surface area contributed by atoms with Crippen molar-refractivity contribution in [2.75, 3.05) is 0 Å². The normalized spacial score (nSPS) is 48.0. The Bertz CT molecular complexity index is 188. The van der Waals surface area contributed by atoms with Gasteiger partial charge in [-0.1, -0.05) is 20.3 Å². The van der Waals surface area contributed by atoms with Gasteiger partial charge in [-0.3, -0.25) is 5.41 Å². The maximum absolute atomic E-state index is 7.53. The van der Waals surface area contributed by atoms with Crippen LogP contribution in [0.25, 0.3) is 0 Å². The molecule has 1 aliphatic heterocycles. The zero-order valence-electron chi connectivity index (χ0n) is 7.22. The first kappa shape index (κ1) is 7.14. The van der Waals surface area contributed by atoms with Gasteiger partial charge in [-0.2, -0.15) is 0 Å². The second-order valence-corrected chi connectivity index (χ2v) is 3.98. The summed E-state index contributed by atoms with van der Waals surface area (Å²) in [6.45, 7) is 4.53. The third-order valence-corrected chi connectivity index (χ3v) is 3.22. The zero-order valence-corrected chi connectivity index (χ0v) is 7.22. The van der Waals surface area contributed by atoms with Gasteiger partial charge < -0.3 is 5.32 Å². The molecule has 0 aromatic heterocycles. The molecule has 0 aromatic carbocycles. The third kappa shape index (κ3) is 0.959. The monoisotopic (exact) mass is 152 g/mol. The van der Waals surface area contributed by atoms with Gasteiger partial charge in [-0.15, -0.1) is 0 Å². The lowest BCUT2D eigenvalue weighted by molar-refractivity contribution is 0.456. The Labute approximate surface area is 67.9 Å². The molecule has 0 aromatic rings. The molecule has 0 amide bonds. The lowest BCUT2D eigenvalue weighted by atomic mass is 9.97. The SMILES string of the molecule is CCC1C2NC(=N)CC(C)C12. The van der Waals surface area contributed by atoms with E-state index in [0.29, 0.717) is 6.04 Å². The largest absolute Gasteiger partial charge is 0.371 e. The fourth-order valence-electron chi connectivity index (χ4n) is 2.62. The first-order valence-electron chi connectivity index (χ1n) is 4.58. The van der Waals surface area contributed by atoms with Gasteiger partial charge >= 0.3 is 0 Å². The predicted octanol–water partition coefficient (Wildman–Crippen LogP) is 1.62. The van der Waals surface area contributed by atoms with Gasteiger partial charge in [-0.25, -0.2) is 0 Å². The quantitative estimate of drug-likeness (QED) is 0.588.